The van der Waals surface area contributed by atoms with Gasteiger partial charge in [0, 0.05) is 11.3 Å². The van der Waals surface area contributed by atoms with Gasteiger partial charge in [0.25, 0.3) is 0 Å². The third-order valence-corrected chi connectivity index (χ3v) is 4.53. The summed E-state index contributed by atoms with van der Waals surface area (Å²) >= 11 is 1.32. The molecule has 0 aliphatic rings. The van der Waals surface area contributed by atoms with Gasteiger partial charge in [-0.25, -0.2) is 4.98 Å². The first kappa shape index (κ1) is 19.9. The van der Waals surface area contributed by atoms with Crippen LogP contribution >= 0.6 is 11.3 Å². The standard InChI is InChI=1S/C19H25N3O3S/c1-12(2)18(24)22-19-21-15(11-26-19)10-16(23)20-8-9-25-17-13(3)6-5-7-14(17)4/h5-7,11-12H,8-10H2,1-4H3,(H,20,23)(H,21,22,24). The molecule has 7 heteroatoms. The maximum absolute atomic E-state index is 12.0. The fourth-order valence-corrected chi connectivity index (χ4v) is 3.01. The number of nitrogens with zero attached hydrogens (tertiary/aromatic N) is 1. The number of carbonyl (C=O) groups is 2. The smallest absolute Gasteiger partial charge is 0.228 e. The molecule has 0 saturated heterocycles. The summed E-state index contributed by atoms with van der Waals surface area (Å²) in [4.78, 5) is 27.9. The van der Waals surface area contributed by atoms with Crippen LogP contribution in [-0.2, 0) is 16.0 Å². The SMILES string of the molecule is Cc1cccc(C)c1OCCNC(=O)Cc1csc(NC(=O)C(C)C)n1. The molecule has 1 aromatic carbocycles. The minimum Gasteiger partial charge on any atom is -0.491 e. The highest BCUT2D eigenvalue weighted by Crippen LogP contribution is 2.22. The number of amides is 2. The number of hydrogen-bond donors (Lipinski definition) is 2. The van der Waals surface area contributed by atoms with Gasteiger partial charge < -0.3 is 15.4 Å². The molecule has 0 spiro atoms. The van der Waals surface area contributed by atoms with Crippen molar-refractivity contribution in [2.24, 2.45) is 5.92 Å². The summed E-state index contributed by atoms with van der Waals surface area (Å²) in [6.07, 6.45) is 0.178. The highest BCUT2D eigenvalue weighted by atomic mass is 32.1. The molecule has 1 heterocycles. The average Bonchev–Trinajstić information content (AvgIpc) is 3.00. The van der Waals surface area contributed by atoms with Crippen molar-refractivity contribution in [2.45, 2.75) is 34.1 Å². The van der Waals surface area contributed by atoms with Gasteiger partial charge in [0.1, 0.15) is 12.4 Å². The Bertz CT molecular complexity index is 751. The minimum atomic E-state index is -0.123. The van der Waals surface area contributed by atoms with Crippen LogP contribution in [0.3, 0.4) is 0 Å². The fraction of sp³-hybridized carbons (Fsp3) is 0.421. The molecule has 6 nitrogen and oxygen atoms in total. The van der Waals surface area contributed by atoms with E-state index in [1.54, 1.807) is 5.38 Å². The number of nitrogens with one attached hydrogen (secondary N) is 2. The van der Waals surface area contributed by atoms with Crippen molar-refractivity contribution in [1.82, 2.24) is 10.3 Å². The molecule has 0 saturated carbocycles. The van der Waals surface area contributed by atoms with Crippen molar-refractivity contribution >= 4 is 28.3 Å². The molecule has 26 heavy (non-hydrogen) atoms. The van der Waals surface area contributed by atoms with Crippen LogP contribution in [0.4, 0.5) is 5.13 Å². The Morgan fingerprint density at radius 2 is 1.92 bits per heavy atom. The molecule has 2 amide bonds. The van der Waals surface area contributed by atoms with Crippen LogP contribution in [0.1, 0.15) is 30.7 Å². The molecule has 0 fully saturated rings. The molecule has 0 aliphatic heterocycles. The van der Waals surface area contributed by atoms with Gasteiger partial charge in [0.2, 0.25) is 11.8 Å². The van der Waals surface area contributed by atoms with E-state index in [-0.39, 0.29) is 24.2 Å². The topological polar surface area (TPSA) is 80.3 Å². The number of ether oxygens (including phenoxy) is 1. The molecular weight excluding hydrogens is 350 g/mol. The monoisotopic (exact) mass is 375 g/mol. The lowest BCUT2D eigenvalue weighted by Gasteiger charge is -2.12. The van der Waals surface area contributed by atoms with Crippen LogP contribution in [0.25, 0.3) is 0 Å². The van der Waals surface area contributed by atoms with E-state index in [1.165, 1.54) is 11.3 Å². The van der Waals surface area contributed by atoms with Gasteiger partial charge in [-0.05, 0) is 25.0 Å². The Morgan fingerprint density at radius 3 is 2.58 bits per heavy atom. The number of aryl methyl sites for hydroxylation is 2. The number of para-hydroxylation sites is 1. The lowest BCUT2D eigenvalue weighted by Crippen LogP contribution is -2.29. The third-order valence-electron chi connectivity index (χ3n) is 3.73. The molecule has 0 unspecified atom stereocenters. The summed E-state index contributed by atoms with van der Waals surface area (Å²) in [5.41, 5.74) is 2.80. The van der Waals surface area contributed by atoms with Crippen LogP contribution in [0.5, 0.6) is 5.75 Å². The Hall–Kier alpha value is -2.41. The molecule has 0 radical (unpaired) electrons. The quantitative estimate of drug-likeness (QED) is 0.695. The van der Waals surface area contributed by atoms with Gasteiger partial charge in [-0.15, -0.1) is 11.3 Å². The van der Waals surface area contributed by atoms with E-state index < -0.39 is 0 Å². The number of rotatable bonds is 8. The Balaban J connectivity index is 1.74. The van der Waals surface area contributed by atoms with Crippen molar-refractivity contribution in [2.75, 3.05) is 18.5 Å². The van der Waals surface area contributed by atoms with E-state index >= 15 is 0 Å². The van der Waals surface area contributed by atoms with E-state index in [2.05, 4.69) is 15.6 Å². The Morgan fingerprint density at radius 1 is 1.23 bits per heavy atom. The summed E-state index contributed by atoms with van der Waals surface area (Å²) in [6.45, 7) is 8.46. The highest BCUT2D eigenvalue weighted by Gasteiger charge is 2.12. The Kier molecular flexibility index (Phi) is 7.15. The number of hydrogen-bond acceptors (Lipinski definition) is 5. The fourth-order valence-electron chi connectivity index (χ4n) is 2.29. The zero-order valence-corrected chi connectivity index (χ0v) is 16.4. The van der Waals surface area contributed by atoms with Crippen molar-refractivity contribution in [3.63, 3.8) is 0 Å². The zero-order valence-electron chi connectivity index (χ0n) is 15.6. The van der Waals surface area contributed by atoms with Gasteiger partial charge >= 0.3 is 0 Å². The lowest BCUT2D eigenvalue weighted by molar-refractivity contribution is -0.120. The first-order valence-electron chi connectivity index (χ1n) is 8.57. The molecule has 1 aromatic heterocycles. The maximum Gasteiger partial charge on any atom is 0.228 e. The second-order valence-electron chi connectivity index (χ2n) is 6.38. The molecule has 0 atom stereocenters. The second kappa shape index (κ2) is 9.33. The summed E-state index contributed by atoms with van der Waals surface area (Å²) in [6, 6.07) is 5.99. The highest BCUT2D eigenvalue weighted by molar-refractivity contribution is 7.13. The predicted octanol–water partition coefficient (Wildman–Crippen LogP) is 3.09. The number of benzene rings is 1. The summed E-state index contributed by atoms with van der Waals surface area (Å²) < 4.78 is 5.76. The van der Waals surface area contributed by atoms with Gasteiger partial charge in [-0.1, -0.05) is 32.0 Å². The largest absolute Gasteiger partial charge is 0.491 e. The van der Waals surface area contributed by atoms with Gasteiger partial charge in [-0.3, -0.25) is 9.59 Å². The molecule has 140 valence electrons. The van der Waals surface area contributed by atoms with E-state index in [0.717, 1.165) is 16.9 Å². The normalized spacial score (nSPS) is 10.7. The van der Waals surface area contributed by atoms with Crippen LogP contribution in [-0.4, -0.2) is 29.9 Å². The van der Waals surface area contributed by atoms with Crippen LogP contribution < -0.4 is 15.4 Å². The van der Waals surface area contributed by atoms with Crippen molar-refractivity contribution in [1.29, 1.82) is 0 Å². The van der Waals surface area contributed by atoms with Gasteiger partial charge in [-0.2, -0.15) is 0 Å². The molecule has 0 aliphatic carbocycles. The summed E-state index contributed by atoms with van der Waals surface area (Å²) in [5.74, 6) is 0.551. The molecule has 2 N–H and O–H groups in total. The van der Waals surface area contributed by atoms with Gasteiger partial charge in [0.05, 0.1) is 18.7 Å². The second-order valence-corrected chi connectivity index (χ2v) is 7.24. The van der Waals surface area contributed by atoms with Crippen molar-refractivity contribution in [3.8, 4) is 5.75 Å². The van der Waals surface area contributed by atoms with E-state index in [9.17, 15) is 9.59 Å². The average molecular weight is 375 g/mol. The molecular formula is C19H25N3O3S. The van der Waals surface area contributed by atoms with Crippen molar-refractivity contribution < 1.29 is 14.3 Å². The van der Waals surface area contributed by atoms with E-state index in [4.69, 9.17) is 4.74 Å². The predicted molar refractivity (Wildman–Crippen MR) is 104 cm³/mol. The molecule has 2 aromatic rings. The lowest BCUT2D eigenvalue weighted by atomic mass is 10.1. The van der Waals surface area contributed by atoms with Crippen LogP contribution in [0.2, 0.25) is 0 Å². The minimum absolute atomic E-state index is 0.0843. The number of anilines is 1. The maximum atomic E-state index is 12.0. The molecule has 2 rings (SSSR count). The number of aromatic nitrogens is 1. The van der Waals surface area contributed by atoms with Crippen LogP contribution in [0.15, 0.2) is 23.6 Å². The van der Waals surface area contributed by atoms with Gasteiger partial charge in [0.15, 0.2) is 5.13 Å². The van der Waals surface area contributed by atoms with Crippen LogP contribution in [0, 0.1) is 19.8 Å². The Labute approximate surface area is 158 Å². The zero-order chi connectivity index (χ0) is 19.1. The first-order valence-corrected chi connectivity index (χ1v) is 9.45. The third kappa shape index (κ3) is 5.84. The number of thiazole rings is 1. The van der Waals surface area contributed by atoms with E-state index in [0.29, 0.717) is 24.0 Å². The summed E-state index contributed by atoms with van der Waals surface area (Å²) in [7, 11) is 0. The van der Waals surface area contributed by atoms with Crippen molar-refractivity contribution in [3.05, 3.63) is 40.4 Å². The van der Waals surface area contributed by atoms with E-state index in [1.807, 2.05) is 45.9 Å². The molecule has 0 bridgehead atoms. The summed E-state index contributed by atoms with van der Waals surface area (Å²) in [5, 5.41) is 7.85. The first-order chi connectivity index (χ1) is 12.4. The number of carbonyl (C=O) groups excluding carboxylic acids is 2.